The molecule has 0 radical (unpaired) electrons. The second kappa shape index (κ2) is 11.8. The molecule has 1 rings (SSSR count). The van der Waals surface area contributed by atoms with Crippen molar-refractivity contribution in [1.82, 2.24) is 4.72 Å². The standard InChI is InChI=1S/C10H12N2O4S.C2H6.C2H4/c1-2-3-8-11-17(15,16)10-7-5-4-6-9(10)12(13)14;2*1-2/h2,4-7,11H,1,3,8H2;1-2H3;1-2H2. The van der Waals surface area contributed by atoms with Gasteiger partial charge in [0.2, 0.25) is 10.0 Å². The van der Waals surface area contributed by atoms with Crippen molar-refractivity contribution < 1.29 is 13.3 Å². The Balaban J connectivity index is 0. The van der Waals surface area contributed by atoms with Gasteiger partial charge in [0, 0.05) is 12.6 Å². The fraction of sp³-hybridized carbons (Fsp3) is 0.286. The highest BCUT2D eigenvalue weighted by atomic mass is 32.2. The molecular weight excluding hydrogens is 292 g/mol. The van der Waals surface area contributed by atoms with Gasteiger partial charge in [-0.25, -0.2) is 13.1 Å². The van der Waals surface area contributed by atoms with Crippen LogP contribution in [0.4, 0.5) is 5.69 Å². The Labute approximate surface area is 126 Å². The summed E-state index contributed by atoms with van der Waals surface area (Å²) in [4.78, 5) is 9.65. The molecule has 1 N–H and O–H groups in total. The molecule has 7 heteroatoms. The molecule has 0 saturated carbocycles. The highest BCUT2D eigenvalue weighted by Crippen LogP contribution is 2.22. The first-order valence-electron chi connectivity index (χ1n) is 6.33. The van der Waals surface area contributed by atoms with Gasteiger partial charge < -0.3 is 0 Å². The maximum atomic E-state index is 11.8. The zero-order valence-electron chi connectivity index (χ0n) is 12.4. The van der Waals surface area contributed by atoms with Crippen LogP contribution in [-0.4, -0.2) is 19.9 Å². The van der Waals surface area contributed by atoms with Gasteiger partial charge in [-0.3, -0.25) is 10.1 Å². The summed E-state index contributed by atoms with van der Waals surface area (Å²) in [7, 11) is -3.85. The van der Waals surface area contributed by atoms with Crippen molar-refractivity contribution in [2.24, 2.45) is 0 Å². The number of rotatable bonds is 6. The van der Waals surface area contributed by atoms with Crippen molar-refractivity contribution in [2.45, 2.75) is 25.2 Å². The van der Waals surface area contributed by atoms with E-state index in [1.807, 2.05) is 13.8 Å². The number of hydrogen-bond donors (Lipinski definition) is 1. The van der Waals surface area contributed by atoms with Crippen molar-refractivity contribution in [2.75, 3.05) is 6.54 Å². The Bertz CT molecular complexity index is 542. The van der Waals surface area contributed by atoms with Crippen LogP contribution in [0, 0.1) is 10.1 Å². The first-order chi connectivity index (χ1) is 9.99. The summed E-state index contributed by atoms with van der Waals surface area (Å²) < 4.78 is 25.8. The summed E-state index contributed by atoms with van der Waals surface area (Å²) in [6, 6.07) is 5.21. The molecule has 0 unspecified atom stereocenters. The average Bonchev–Trinajstić information content (AvgIpc) is 2.51. The fourth-order valence-electron chi connectivity index (χ4n) is 1.21. The summed E-state index contributed by atoms with van der Waals surface area (Å²) in [6.45, 7) is 13.6. The lowest BCUT2D eigenvalue weighted by molar-refractivity contribution is -0.387. The number of nitro groups is 1. The normalized spacial score (nSPS) is 9.43. The van der Waals surface area contributed by atoms with E-state index in [4.69, 9.17) is 0 Å². The Hall–Kier alpha value is -1.99. The predicted molar refractivity (Wildman–Crippen MR) is 85.7 cm³/mol. The third-order valence-corrected chi connectivity index (χ3v) is 3.50. The molecule has 118 valence electrons. The fourth-order valence-corrected chi connectivity index (χ4v) is 2.43. The van der Waals surface area contributed by atoms with E-state index in [9.17, 15) is 18.5 Å². The molecule has 0 fully saturated rings. The third kappa shape index (κ3) is 7.38. The largest absolute Gasteiger partial charge is 0.289 e. The van der Waals surface area contributed by atoms with Crippen LogP contribution in [0.3, 0.4) is 0 Å². The maximum absolute atomic E-state index is 11.8. The van der Waals surface area contributed by atoms with Crippen LogP contribution >= 0.6 is 0 Å². The molecule has 21 heavy (non-hydrogen) atoms. The molecule has 1 aromatic rings. The van der Waals surface area contributed by atoms with Crippen LogP contribution in [-0.2, 0) is 10.0 Å². The molecule has 0 heterocycles. The summed E-state index contributed by atoms with van der Waals surface area (Å²) in [5.74, 6) is 0. The molecule has 0 aliphatic carbocycles. The highest BCUT2D eigenvalue weighted by molar-refractivity contribution is 7.89. The summed E-state index contributed by atoms with van der Waals surface area (Å²) in [6.07, 6.45) is 2.02. The summed E-state index contributed by atoms with van der Waals surface area (Å²) >= 11 is 0. The van der Waals surface area contributed by atoms with Crippen LogP contribution in [0.15, 0.2) is 55.0 Å². The van der Waals surface area contributed by atoms with Crippen molar-refractivity contribution in [3.8, 4) is 0 Å². The molecular formula is C14H22N2O4S. The summed E-state index contributed by atoms with van der Waals surface area (Å²) in [5, 5.41) is 10.7. The lowest BCUT2D eigenvalue weighted by Crippen LogP contribution is -2.25. The van der Waals surface area contributed by atoms with Crippen molar-refractivity contribution in [3.05, 3.63) is 60.2 Å². The van der Waals surface area contributed by atoms with Gasteiger partial charge in [0.25, 0.3) is 5.69 Å². The molecule has 0 amide bonds. The van der Waals surface area contributed by atoms with Crippen molar-refractivity contribution in [1.29, 1.82) is 0 Å². The smallest absolute Gasteiger partial charge is 0.258 e. The molecule has 0 aliphatic rings. The molecule has 0 aliphatic heterocycles. The van der Waals surface area contributed by atoms with Crippen LogP contribution in [0.25, 0.3) is 0 Å². The molecule has 0 bridgehead atoms. The van der Waals surface area contributed by atoms with E-state index < -0.39 is 20.6 Å². The predicted octanol–water partition coefficient (Wildman–Crippen LogP) is 3.28. The lowest BCUT2D eigenvalue weighted by Gasteiger charge is -2.05. The quantitative estimate of drug-likeness (QED) is 0.377. The first-order valence-corrected chi connectivity index (χ1v) is 7.81. The van der Waals surface area contributed by atoms with E-state index in [-0.39, 0.29) is 11.4 Å². The average molecular weight is 314 g/mol. The van der Waals surface area contributed by atoms with Gasteiger partial charge >= 0.3 is 0 Å². The molecule has 0 saturated heterocycles. The zero-order chi connectivity index (χ0) is 16.9. The van der Waals surface area contributed by atoms with Crippen LogP contribution in [0.5, 0.6) is 0 Å². The maximum Gasteiger partial charge on any atom is 0.289 e. The monoisotopic (exact) mass is 314 g/mol. The lowest BCUT2D eigenvalue weighted by atomic mass is 10.3. The minimum atomic E-state index is -3.85. The number of sulfonamides is 1. The van der Waals surface area contributed by atoms with E-state index in [0.717, 1.165) is 6.07 Å². The van der Waals surface area contributed by atoms with Crippen LogP contribution in [0.2, 0.25) is 0 Å². The minimum Gasteiger partial charge on any atom is -0.258 e. The molecule has 1 aromatic carbocycles. The number of hydrogen-bond acceptors (Lipinski definition) is 4. The molecule has 0 spiro atoms. The van der Waals surface area contributed by atoms with E-state index >= 15 is 0 Å². The second-order valence-corrected chi connectivity index (χ2v) is 4.94. The van der Waals surface area contributed by atoms with Crippen LogP contribution in [0.1, 0.15) is 20.3 Å². The topological polar surface area (TPSA) is 89.3 Å². The number of nitro benzene ring substituents is 1. The molecule has 6 nitrogen and oxygen atoms in total. The van der Waals surface area contributed by atoms with Gasteiger partial charge in [-0.1, -0.05) is 32.1 Å². The van der Waals surface area contributed by atoms with E-state index in [2.05, 4.69) is 24.5 Å². The SMILES string of the molecule is C=C.C=CCCNS(=O)(=O)c1ccccc1[N+](=O)[O-].CC. The van der Waals surface area contributed by atoms with Gasteiger partial charge in [0.05, 0.1) is 4.92 Å². The minimum absolute atomic E-state index is 0.165. The number of benzene rings is 1. The Kier molecular flexibility index (Phi) is 12.0. The molecule has 0 atom stereocenters. The van der Waals surface area contributed by atoms with Gasteiger partial charge in [0.1, 0.15) is 0 Å². The van der Waals surface area contributed by atoms with Gasteiger partial charge in [0.15, 0.2) is 4.90 Å². The third-order valence-electron chi connectivity index (χ3n) is 1.99. The zero-order valence-corrected chi connectivity index (χ0v) is 13.2. The Morgan fingerprint density at radius 2 is 1.81 bits per heavy atom. The van der Waals surface area contributed by atoms with Crippen molar-refractivity contribution >= 4 is 15.7 Å². The van der Waals surface area contributed by atoms with Crippen molar-refractivity contribution in [3.63, 3.8) is 0 Å². The summed E-state index contributed by atoms with van der Waals surface area (Å²) in [5.41, 5.74) is -0.432. The first kappa shape index (κ1) is 21.3. The molecule has 0 aromatic heterocycles. The van der Waals surface area contributed by atoms with Gasteiger partial charge in [-0.05, 0) is 12.5 Å². The Morgan fingerprint density at radius 3 is 2.29 bits per heavy atom. The van der Waals surface area contributed by atoms with E-state index in [1.54, 1.807) is 6.08 Å². The van der Waals surface area contributed by atoms with E-state index in [0.29, 0.717) is 6.42 Å². The number of para-hydroxylation sites is 1. The van der Waals surface area contributed by atoms with Gasteiger partial charge in [-0.15, -0.1) is 19.7 Å². The Morgan fingerprint density at radius 1 is 1.29 bits per heavy atom. The highest BCUT2D eigenvalue weighted by Gasteiger charge is 2.24. The number of nitrogens with one attached hydrogen (secondary N) is 1. The van der Waals surface area contributed by atoms with E-state index in [1.165, 1.54) is 18.2 Å². The number of nitrogens with zero attached hydrogens (tertiary/aromatic N) is 1. The van der Waals surface area contributed by atoms with Crippen LogP contribution < -0.4 is 4.72 Å². The van der Waals surface area contributed by atoms with Gasteiger partial charge in [-0.2, -0.15) is 0 Å². The second-order valence-electron chi connectivity index (χ2n) is 3.20.